The molecule has 3 heterocycles. The molecule has 3 aromatic rings. The lowest BCUT2D eigenvalue weighted by atomic mass is 10.0. The first-order valence-electron chi connectivity index (χ1n) is 9.60. The molecule has 10 heteroatoms. The summed E-state index contributed by atoms with van der Waals surface area (Å²) in [7, 11) is 0. The Morgan fingerprint density at radius 2 is 2.13 bits per heavy atom. The van der Waals surface area contributed by atoms with Gasteiger partial charge in [-0.2, -0.15) is 5.10 Å². The van der Waals surface area contributed by atoms with Gasteiger partial charge >= 0.3 is 5.69 Å². The molecule has 0 saturated carbocycles. The Bertz CT molecular complexity index is 1320. The fourth-order valence-electron chi connectivity index (χ4n) is 3.62. The fraction of sp³-hybridized carbons (Fsp3) is 0.238. The van der Waals surface area contributed by atoms with Crippen molar-refractivity contribution in [1.82, 2.24) is 14.6 Å². The Kier molecular flexibility index (Phi) is 5.55. The van der Waals surface area contributed by atoms with Crippen LogP contribution in [0.4, 0.5) is 0 Å². The van der Waals surface area contributed by atoms with Crippen LogP contribution in [0.1, 0.15) is 41.8 Å². The molecule has 0 fully saturated rings. The Morgan fingerprint density at radius 1 is 1.35 bits per heavy atom. The number of halogens is 1. The number of carbonyl (C=O) groups excluding carboxylic acids is 1. The number of hydrogen-bond acceptors (Lipinski definition) is 6. The molecule has 1 amide bonds. The normalized spacial score (nSPS) is 15.9. The monoisotopic (exact) mass is 458 g/mol. The highest BCUT2D eigenvalue weighted by Crippen LogP contribution is 2.38. The van der Waals surface area contributed by atoms with E-state index in [2.05, 4.69) is 10.1 Å². The number of hydrogen-bond donors (Lipinski definition) is 2. The lowest BCUT2D eigenvalue weighted by molar-refractivity contribution is -0.132. The molecule has 160 valence electrons. The minimum absolute atomic E-state index is 0.148. The van der Waals surface area contributed by atoms with Crippen LogP contribution in [0.5, 0.6) is 5.88 Å². The van der Waals surface area contributed by atoms with E-state index < -0.39 is 17.1 Å². The minimum atomic E-state index is -0.806. The van der Waals surface area contributed by atoms with Gasteiger partial charge in [0.15, 0.2) is 0 Å². The minimum Gasteiger partial charge on any atom is -0.493 e. The van der Waals surface area contributed by atoms with Crippen molar-refractivity contribution in [2.75, 3.05) is 0 Å². The molecule has 1 aromatic carbocycles. The van der Waals surface area contributed by atoms with E-state index in [1.54, 1.807) is 25.1 Å². The van der Waals surface area contributed by atoms with Crippen molar-refractivity contribution in [2.24, 2.45) is 5.10 Å². The van der Waals surface area contributed by atoms with Crippen molar-refractivity contribution >= 4 is 34.6 Å². The number of carbonyl (C=O) groups is 1. The zero-order valence-electron chi connectivity index (χ0n) is 16.8. The summed E-state index contributed by atoms with van der Waals surface area (Å²) in [5.41, 5.74) is -0.189. The first-order chi connectivity index (χ1) is 14.8. The first kappa shape index (κ1) is 21.1. The molecule has 4 rings (SSSR count). The quantitative estimate of drug-likeness (QED) is 0.625. The van der Waals surface area contributed by atoms with Crippen LogP contribution in [0, 0.1) is 6.92 Å². The number of aromatic amines is 1. The summed E-state index contributed by atoms with van der Waals surface area (Å²) in [4.78, 5) is 40.9. The SMILES string of the molecule is CCC(=O)N1N=C(c2c(O)n(-c3cccc(Cl)c3)c(=O)[nH]c2=O)CC1c1sccc1C. The van der Waals surface area contributed by atoms with Gasteiger partial charge in [0, 0.05) is 22.7 Å². The highest BCUT2D eigenvalue weighted by molar-refractivity contribution is 7.10. The molecule has 0 spiro atoms. The number of aryl methyl sites for hydroxylation is 1. The maximum absolute atomic E-state index is 12.7. The molecule has 0 bridgehead atoms. The van der Waals surface area contributed by atoms with Crippen LogP contribution < -0.4 is 11.2 Å². The van der Waals surface area contributed by atoms with Gasteiger partial charge in [0.25, 0.3) is 5.56 Å². The number of benzene rings is 1. The number of amides is 1. The number of H-pyrrole nitrogens is 1. The smallest absolute Gasteiger partial charge is 0.335 e. The van der Waals surface area contributed by atoms with Gasteiger partial charge in [-0.1, -0.05) is 24.6 Å². The van der Waals surface area contributed by atoms with Crippen molar-refractivity contribution in [1.29, 1.82) is 0 Å². The third-order valence-corrected chi connectivity index (χ3v) is 6.47. The average molecular weight is 459 g/mol. The Morgan fingerprint density at radius 3 is 2.77 bits per heavy atom. The molecule has 31 heavy (non-hydrogen) atoms. The summed E-state index contributed by atoms with van der Waals surface area (Å²) in [5, 5.41) is 19.0. The molecule has 1 aliphatic heterocycles. The molecule has 2 N–H and O–H groups in total. The van der Waals surface area contributed by atoms with Crippen molar-refractivity contribution in [3.05, 3.63) is 77.6 Å². The number of aromatic hydroxyl groups is 1. The van der Waals surface area contributed by atoms with Crippen LogP contribution in [0.2, 0.25) is 5.02 Å². The predicted octanol–water partition coefficient (Wildman–Crippen LogP) is 3.34. The van der Waals surface area contributed by atoms with Gasteiger partial charge in [-0.25, -0.2) is 14.4 Å². The van der Waals surface area contributed by atoms with Crippen LogP contribution in [-0.4, -0.2) is 31.3 Å². The van der Waals surface area contributed by atoms with Gasteiger partial charge in [-0.3, -0.25) is 14.6 Å². The summed E-state index contributed by atoms with van der Waals surface area (Å²) in [6.45, 7) is 3.68. The van der Waals surface area contributed by atoms with E-state index >= 15 is 0 Å². The van der Waals surface area contributed by atoms with Crippen LogP contribution in [0.15, 0.2) is 50.4 Å². The van der Waals surface area contributed by atoms with Gasteiger partial charge in [0.1, 0.15) is 5.56 Å². The second-order valence-corrected chi connectivity index (χ2v) is 8.48. The Hall–Kier alpha value is -3.17. The van der Waals surface area contributed by atoms with E-state index in [1.165, 1.54) is 22.4 Å². The molecular weight excluding hydrogens is 440 g/mol. The lowest BCUT2D eigenvalue weighted by Gasteiger charge is -2.20. The molecule has 8 nitrogen and oxygen atoms in total. The number of thiophene rings is 1. The molecule has 2 aromatic heterocycles. The Balaban J connectivity index is 1.87. The summed E-state index contributed by atoms with van der Waals surface area (Å²) in [5.74, 6) is -0.755. The van der Waals surface area contributed by atoms with Gasteiger partial charge in [0.2, 0.25) is 11.8 Å². The number of nitrogens with one attached hydrogen (secondary N) is 1. The molecule has 1 unspecified atom stereocenters. The number of rotatable bonds is 4. The second kappa shape index (κ2) is 8.16. The van der Waals surface area contributed by atoms with E-state index in [0.717, 1.165) is 15.0 Å². The zero-order chi connectivity index (χ0) is 22.3. The summed E-state index contributed by atoms with van der Waals surface area (Å²) in [6, 6.07) is 7.90. The summed E-state index contributed by atoms with van der Waals surface area (Å²) in [6.07, 6.45) is 0.472. The van der Waals surface area contributed by atoms with Gasteiger partial charge < -0.3 is 5.11 Å². The van der Waals surface area contributed by atoms with Crippen molar-refractivity contribution in [3.8, 4) is 11.6 Å². The van der Waals surface area contributed by atoms with Crippen molar-refractivity contribution in [3.63, 3.8) is 0 Å². The van der Waals surface area contributed by atoms with Crippen LogP contribution >= 0.6 is 22.9 Å². The van der Waals surface area contributed by atoms with E-state index in [-0.39, 0.29) is 36.1 Å². The first-order valence-corrected chi connectivity index (χ1v) is 10.9. The third kappa shape index (κ3) is 3.70. The molecule has 0 saturated heterocycles. The van der Waals surface area contributed by atoms with Gasteiger partial charge in [0.05, 0.1) is 17.4 Å². The van der Waals surface area contributed by atoms with Crippen LogP contribution in [0.3, 0.4) is 0 Å². The number of aromatic nitrogens is 2. The highest BCUT2D eigenvalue weighted by Gasteiger charge is 2.36. The van der Waals surface area contributed by atoms with Crippen LogP contribution in [0.25, 0.3) is 5.69 Å². The third-order valence-electron chi connectivity index (χ3n) is 5.11. The molecule has 1 atom stereocenters. The van der Waals surface area contributed by atoms with Gasteiger partial charge in [-0.05, 0) is 42.1 Å². The summed E-state index contributed by atoms with van der Waals surface area (Å²) < 4.78 is 0.959. The molecule has 0 aliphatic carbocycles. The van der Waals surface area contributed by atoms with Gasteiger partial charge in [-0.15, -0.1) is 11.3 Å². The molecule has 0 radical (unpaired) electrons. The van der Waals surface area contributed by atoms with Crippen LogP contribution in [-0.2, 0) is 4.79 Å². The topological polar surface area (TPSA) is 108 Å². The van der Waals surface area contributed by atoms with E-state index in [1.807, 2.05) is 18.4 Å². The average Bonchev–Trinajstić information content (AvgIpc) is 3.33. The largest absolute Gasteiger partial charge is 0.493 e. The fourth-order valence-corrected chi connectivity index (χ4v) is 4.82. The maximum atomic E-state index is 12.7. The van der Waals surface area contributed by atoms with Crippen molar-refractivity contribution < 1.29 is 9.90 Å². The highest BCUT2D eigenvalue weighted by atomic mass is 35.5. The second-order valence-electron chi connectivity index (χ2n) is 7.10. The standard InChI is InChI=1S/C21H19ClN4O4S/c1-3-16(27)26-15(18-11(2)7-8-31-18)10-14(24-26)17-19(28)23-21(30)25(20(17)29)13-6-4-5-12(22)9-13/h4-9,15,29H,3,10H2,1-2H3,(H,23,28,30). The lowest BCUT2D eigenvalue weighted by Crippen LogP contribution is -2.33. The van der Waals surface area contributed by atoms with E-state index in [4.69, 9.17) is 11.6 Å². The maximum Gasteiger partial charge on any atom is 0.335 e. The number of nitrogens with zero attached hydrogens (tertiary/aromatic N) is 3. The predicted molar refractivity (Wildman–Crippen MR) is 119 cm³/mol. The molecular formula is C21H19ClN4O4S. The van der Waals surface area contributed by atoms with Crippen molar-refractivity contribution in [2.45, 2.75) is 32.7 Å². The zero-order valence-corrected chi connectivity index (χ0v) is 18.3. The number of hydrazone groups is 1. The Labute approximate surface area is 186 Å². The molecule has 1 aliphatic rings. The summed E-state index contributed by atoms with van der Waals surface area (Å²) >= 11 is 7.53. The van der Waals surface area contributed by atoms with E-state index in [9.17, 15) is 19.5 Å². The van der Waals surface area contributed by atoms with E-state index in [0.29, 0.717) is 10.7 Å².